The van der Waals surface area contributed by atoms with Gasteiger partial charge in [-0.1, -0.05) is 67.8 Å². The fraction of sp³-hybridized carbons (Fsp3) is 0.517. The van der Waals surface area contributed by atoms with Crippen LogP contribution < -0.4 is 10.1 Å². The number of nitrogens with zero attached hydrogens (tertiary/aromatic N) is 1. The highest BCUT2D eigenvalue weighted by atomic mass is 16.5. The average Bonchev–Trinajstić information content (AvgIpc) is 2.87. The maximum Gasteiger partial charge on any atom is 0.308 e. The van der Waals surface area contributed by atoms with Gasteiger partial charge in [-0.15, -0.1) is 0 Å². The van der Waals surface area contributed by atoms with Gasteiger partial charge in [-0.05, 0) is 44.6 Å². The molecule has 7 nitrogen and oxygen atoms in total. The molecular formula is C29H42N2O5. The van der Waals surface area contributed by atoms with Crippen LogP contribution in [0.2, 0.25) is 0 Å². The van der Waals surface area contributed by atoms with Crippen molar-refractivity contribution < 1.29 is 23.8 Å². The maximum atomic E-state index is 12.4. The van der Waals surface area contributed by atoms with E-state index in [1.165, 1.54) is 0 Å². The third-order valence-electron chi connectivity index (χ3n) is 5.54. The fourth-order valence-corrected chi connectivity index (χ4v) is 3.76. The normalized spacial score (nSPS) is 11.8. The summed E-state index contributed by atoms with van der Waals surface area (Å²) in [5.74, 6) is 0.542. The van der Waals surface area contributed by atoms with Crippen molar-refractivity contribution in [2.24, 2.45) is 0 Å². The topological polar surface area (TPSA) is 77.1 Å². The molecule has 0 aromatic heterocycles. The van der Waals surface area contributed by atoms with Gasteiger partial charge >= 0.3 is 5.97 Å². The molecule has 2 rings (SSSR count). The van der Waals surface area contributed by atoms with Crippen LogP contribution in [-0.2, 0) is 25.7 Å². The third-order valence-corrected chi connectivity index (χ3v) is 5.54. The second kappa shape index (κ2) is 18.4. The van der Waals surface area contributed by atoms with Crippen LogP contribution in [-0.4, -0.2) is 63.3 Å². The van der Waals surface area contributed by atoms with Gasteiger partial charge in [0, 0.05) is 19.6 Å². The zero-order valence-corrected chi connectivity index (χ0v) is 21.8. The Bertz CT molecular complexity index is 845. The third kappa shape index (κ3) is 14.5. The van der Waals surface area contributed by atoms with Gasteiger partial charge in [0.25, 0.3) is 0 Å². The Labute approximate surface area is 216 Å². The van der Waals surface area contributed by atoms with Gasteiger partial charge in [-0.2, -0.15) is 0 Å². The van der Waals surface area contributed by atoms with Crippen molar-refractivity contribution >= 4 is 11.9 Å². The Hall–Kier alpha value is -2.90. The SMILES string of the molecule is CN(C)C[C@@H](CC(=O)OCc1ccccc1)NC(=O)CCCCCCCOCCOc1ccccc1. The molecule has 2 aromatic carbocycles. The molecule has 0 spiro atoms. The van der Waals surface area contributed by atoms with Gasteiger partial charge in [-0.25, -0.2) is 0 Å². The molecule has 0 saturated heterocycles. The minimum atomic E-state index is -0.306. The van der Waals surface area contributed by atoms with E-state index in [0.29, 0.717) is 26.2 Å². The first-order chi connectivity index (χ1) is 17.5. The lowest BCUT2D eigenvalue weighted by atomic mass is 10.1. The highest BCUT2D eigenvalue weighted by Gasteiger charge is 2.18. The number of unbranched alkanes of at least 4 members (excludes halogenated alkanes) is 4. The summed E-state index contributed by atoms with van der Waals surface area (Å²) in [7, 11) is 3.85. The maximum absolute atomic E-state index is 12.4. The number of carbonyl (C=O) groups excluding carboxylic acids is 2. The Kier molecular flexibility index (Phi) is 15.0. The average molecular weight is 499 g/mol. The number of hydrogen-bond donors (Lipinski definition) is 1. The lowest BCUT2D eigenvalue weighted by Gasteiger charge is -2.22. The summed E-state index contributed by atoms with van der Waals surface area (Å²) in [5.41, 5.74) is 0.947. The number of benzene rings is 2. The van der Waals surface area contributed by atoms with Gasteiger partial charge in [-0.3, -0.25) is 9.59 Å². The molecule has 1 amide bonds. The quantitative estimate of drug-likeness (QED) is 0.225. The first-order valence-corrected chi connectivity index (χ1v) is 12.9. The molecule has 0 unspecified atom stereocenters. The predicted octanol–water partition coefficient (Wildman–Crippen LogP) is 4.60. The second-order valence-electron chi connectivity index (χ2n) is 9.17. The minimum absolute atomic E-state index is 0.0144. The van der Waals surface area contributed by atoms with Crippen LogP contribution in [0, 0.1) is 0 Å². The number of rotatable bonds is 19. The van der Waals surface area contributed by atoms with Crippen molar-refractivity contribution in [1.82, 2.24) is 10.2 Å². The lowest BCUT2D eigenvalue weighted by molar-refractivity contribution is -0.145. The summed E-state index contributed by atoms with van der Waals surface area (Å²) in [6, 6.07) is 19.1. The molecule has 0 heterocycles. The zero-order chi connectivity index (χ0) is 25.8. The van der Waals surface area contributed by atoms with E-state index < -0.39 is 0 Å². The Balaban J connectivity index is 1.49. The summed E-state index contributed by atoms with van der Waals surface area (Å²) >= 11 is 0. The second-order valence-corrected chi connectivity index (χ2v) is 9.17. The van der Waals surface area contributed by atoms with E-state index in [-0.39, 0.29) is 30.9 Å². The van der Waals surface area contributed by atoms with Crippen molar-refractivity contribution in [3.8, 4) is 5.75 Å². The van der Waals surface area contributed by atoms with Crippen molar-refractivity contribution in [1.29, 1.82) is 0 Å². The molecule has 7 heteroatoms. The molecule has 0 aliphatic carbocycles. The smallest absolute Gasteiger partial charge is 0.308 e. The van der Waals surface area contributed by atoms with Crippen molar-refractivity contribution in [2.75, 3.05) is 40.5 Å². The van der Waals surface area contributed by atoms with Crippen LogP contribution in [0.5, 0.6) is 5.75 Å². The molecule has 0 bridgehead atoms. The van der Waals surface area contributed by atoms with E-state index in [1.54, 1.807) is 0 Å². The summed E-state index contributed by atoms with van der Waals surface area (Å²) < 4.78 is 16.6. The van der Waals surface area contributed by atoms with E-state index >= 15 is 0 Å². The molecule has 0 fully saturated rings. The molecule has 0 aliphatic rings. The first kappa shape index (κ1) is 29.3. The number of ether oxygens (including phenoxy) is 3. The van der Waals surface area contributed by atoms with Crippen molar-refractivity contribution in [3.05, 3.63) is 66.2 Å². The van der Waals surface area contributed by atoms with Gasteiger partial charge in [0.15, 0.2) is 0 Å². The molecule has 36 heavy (non-hydrogen) atoms. The van der Waals surface area contributed by atoms with E-state index in [4.69, 9.17) is 14.2 Å². The van der Waals surface area contributed by atoms with E-state index in [1.807, 2.05) is 79.7 Å². The summed E-state index contributed by atoms with van der Waals surface area (Å²) in [6.07, 6.45) is 5.63. The van der Waals surface area contributed by atoms with Gasteiger partial charge in [0.2, 0.25) is 5.91 Å². The van der Waals surface area contributed by atoms with Crippen LogP contribution in [0.1, 0.15) is 50.5 Å². The Morgan fingerprint density at radius 1 is 0.833 bits per heavy atom. The molecule has 0 saturated carbocycles. The summed E-state index contributed by atoms with van der Waals surface area (Å²) in [5, 5.41) is 3.01. The van der Waals surface area contributed by atoms with Crippen LogP contribution >= 0.6 is 0 Å². The molecule has 198 valence electrons. The van der Waals surface area contributed by atoms with E-state index in [2.05, 4.69) is 5.32 Å². The number of para-hydroxylation sites is 1. The fourth-order valence-electron chi connectivity index (χ4n) is 3.76. The van der Waals surface area contributed by atoms with Crippen LogP contribution in [0.25, 0.3) is 0 Å². The Morgan fingerprint density at radius 2 is 1.50 bits per heavy atom. The largest absolute Gasteiger partial charge is 0.491 e. The van der Waals surface area contributed by atoms with Gasteiger partial charge < -0.3 is 24.4 Å². The van der Waals surface area contributed by atoms with Crippen molar-refractivity contribution in [3.63, 3.8) is 0 Å². The van der Waals surface area contributed by atoms with Crippen LogP contribution in [0.15, 0.2) is 60.7 Å². The molecule has 0 aliphatic heterocycles. The predicted molar refractivity (Wildman–Crippen MR) is 142 cm³/mol. The number of esters is 1. The van der Waals surface area contributed by atoms with Crippen LogP contribution in [0.4, 0.5) is 0 Å². The van der Waals surface area contributed by atoms with Crippen molar-refractivity contribution in [2.45, 2.75) is 57.6 Å². The molecule has 1 N–H and O–H groups in total. The standard InChI is InChI=1S/C29H42N2O5/c1-31(2)23-26(22-29(33)36-24-25-14-8-6-9-15-25)30-28(32)18-12-4-3-5-13-19-34-20-21-35-27-16-10-7-11-17-27/h6-11,14-17,26H,3-5,12-13,18-24H2,1-2H3,(H,30,32)/t26-/m1/s1. The summed E-state index contributed by atoms with van der Waals surface area (Å²) in [4.78, 5) is 26.7. The number of nitrogens with one attached hydrogen (secondary N) is 1. The lowest BCUT2D eigenvalue weighted by Crippen LogP contribution is -2.43. The number of likely N-dealkylation sites (N-methyl/N-ethyl adjacent to an activating group) is 1. The molecule has 0 radical (unpaired) electrons. The highest BCUT2D eigenvalue weighted by molar-refractivity contribution is 5.77. The number of amides is 1. The molecule has 1 atom stereocenters. The van der Waals surface area contributed by atoms with E-state index in [0.717, 1.165) is 50.0 Å². The van der Waals surface area contributed by atoms with Gasteiger partial charge in [0.1, 0.15) is 19.0 Å². The van der Waals surface area contributed by atoms with E-state index in [9.17, 15) is 9.59 Å². The van der Waals surface area contributed by atoms with Gasteiger partial charge in [0.05, 0.1) is 19.1 Å². The summed E-state index contributed by atoms with van der Waals surface area (Å²) in [6.45, 7) is 2.70. The monoisotopic (exact) mass is 498 g/mol. The number of hydrogen-bond acceptors (Lipinski definition) is 6. The Morgan fingerprint density at radius 3 is 2.22 bits per heavy atom. The zero-order valence-electron chi connectivity index (χ0n) is 21.8. The van der Waals surface area contributed by atoms with Crippen LogP contribution in [0.3, 0.4) is 0 Å². The molecule has 2 aromatic rings. The first-order valence-electron chi connectivity index (χ1n) is 12.9. The minimum Gasteiger partial charge on any atom is -0.491 e. The highest BCUT2D eigenvalue weighted by Crippen LogP contribution is 2.09. The molecular weight excluding hydrogens is 456 g/mol. The number of carbonyl (C=O) groups is 2.